The van der Waals surface area contributed by atoms with Crippen molar-refractivity contribution in [1.82, 2.24) is 10.2 Å². The smallest absolute Gasteiger partial charge is 0.222 e. The Kier molecular flexibility index (Phi) is 3.82. The first-order chi connectivity index (χ1) is 7.68. The minimum Gasteiger partial charge on any atom is -0.393 e. The summed E-state index contributed by atoms with van der Waals surface area (Å²) < 4.78 is 0. The molecule has 0 bridgehead atoms. The average Bonchev–Trinajstić information content (AvgIpc) is 2.27. The fourth-order valence-corrected chi connectivity index (χ4v) is 2.87. The maximum atomic E-state index is 11.9. The predicted octanol–water partition coefficient (Wildman–Crippen LogP) is 0.358. The van der Waals surface area contributed by atoms with Crippen LogP contribution in [0.4, 0.5) is 0 Å². The van der Waals surface area contributed by atoms with Crippen molar-refractivity contribution in [1.29, 1.82) is 0 Å². The van der Waals surface area contributed by atoms with Crippen LogP contribution in [0.25, 0.3) is 0 Å². The zero-order valence-electron chi connectivity index (χ0n) is 9.98. The molecule has 92 valence electrons. The third kappa shape index (κ3) is 2.55. The number of rotatable bonds is 3. The van der Waals surface area contributed by atoms with Crippen molar-refractivity contribution in [3.8, 4) is 0 Å². The zero-order valence-corrected chi connectivity index (χ0v) is 9.98. The lowest BCUT2D eigenvalue weighted by Crippen LogP contribution is -2.55. The molecule has 2 rings (SSSR count). The lowest BCUT2D eigenvalue weighted by Gasteiger charge is -2.44. The van der Waals surface area contributed by atoms with E-state index >= 15 is 0 Å². The molecule has 0 saturated carbocycles. The van der Waals surface area contributed by atoms with Crippen molar-refractivity contribution in [2.24, 2.45) is 5.92 Å². The average molecular weight is 226 g/mol. The Morgan fingerprint density at radius 3 is 3.12 bits per heavy atom. The van der Waals surface area contributed by atoms with Gasteiger partial charge in [0.2, 0.25) is 5.91 Å². The molecular formula is C12H22N2O2. The van der Waals surface area contributed by atoms with E-state index in [1.165, 1.54) is 0 Å². The minimum atomic E-state index is -0.310. The van der Waals surface area contributed by atoms with E-state index in [0.717, 1.165) is 32.5 Å². The SMILES string of the molecule is CC(O)CCN1C(=O)CCC2CNCCC21. The van der Waals surface area contributed by atoms with Gasteiger partial charge in [-0.1, -0.05) is 0 Å². The second-order valence-corrected chi connectivity index (χ2v) is 5.08. The quantitative estimate of drug-likeness (QED) is 0.730. The molecule has 0 radical (unpaired) electrons. The van der Waals surface area contributed by atoms with Crippen LogP contribution in [0.3, 0.4) is 0 Å². The van der Waals surface area contributed by atoms with E-state index < -0.39 is 0 Å². The highest BCUT2D eigenvalue weighted by atomic mass is 16.3. The van der Waals surface area contributed by atoms with Crippen molar-refractivity contribution in [2.75, 3.05) is 19.6 Å². The summed E-state index contributed by atoms with van der Waals surface area (Å²) in [5.41, 5.74) is 0. The third-order valence-electron chi connectivity index (χ3n) is 3.81. The second kappa shape index (κ2) is 5.15. The number of nitrogens with one attached hydrogen (secondary N) is 1. The lowest BCUT2D eigenvalue weighted by molar-refractivity contribution is -0.140. The fourth-order valence-electron chi connectivity index (χ4n) is 2.87. The van der Waals surface area contributed by atoms with Crippen LogP contribution < -0.4 is 5.32 Å². The maximum absolute atomic E-state index is 11.9. The van der Waals surface area contributed by atoms with Crippen LogP contribution in [-0.2, 0) is 4.79 Å². The summed E-state index contributed by atoms with van der Waals surface area (Å²) in [6.45, 7) is 4.56. The summed E-state index contributed by atoms with van der Waals surface area (Å²) in [6, 6.07) is 0.418. The Bertz CT molecular complexity index is 255. The third-order valence-corrected chi connectivity index (χ3v) is 3.81. The topological polar surface area (TPSA) is 52.6 Å². The Hall–Kier alpha value is -0.610. The second-order valence-electron chi connectivity index (χ2n) is 5.08. The molecule has 2 aliphatic heterocycles. The molecule has 2 fully saturated rings. The van der Waals surface area contributed by atoms with E-state index in [2.05, 4.69) is 5.32 Å². The molecule has 16 heavy (non-hydrogen) atoms. The molecule has 0 aliphatic carbocycles. The number of piperidine rings is 2. The van der Waals surface area contributed by atoms with Crippen molar-refractivity contribution in [3.05, 3.63) is 0 Å². The number of likely N-dealkylation sites (tertiary alicyclic amines) is 1. The highest BCUT2D eigenvalue weighted by molar-refractivity contribution is 5.77. The molecule has 0 aromatic heterocycles. The highest BCUT2D eigenvalue weighted by Gasteiger charge is 2.36. The molecule has 4 nitrogen and oxygen atoms in total. The molecule has 2 heterocycles. The summed E-state index contributed by atoms with van der Waals surface area (Å²) in [5, 5.41) is 12.7. The summed E-state index contributed by atoms with van der Waals surface area (Å²) in [5.74, 6) is 0.907. The first-order valence-electron chi connectivity index (χ1n) is 6.36. The number of hydrogen-bond donors (Lipinski definition) is 2. The number of fused-ring (bicyclic) bond motifs is 1. The van der Waals surface area contributed by atoms with Gasteiger partial charge in [-0.2, -0.15) is 0 Å². The number of aliphatic hydroxyl groups is 1. The standard InChI is InChI=1S/C12H22N2O2/c1-9(15)5-7-14-11-4-6-13-8-10(11)2-3-12(14)16/h9-11,13,15H,2-8H2,1H3. The molecule has 0 spiro atoms. The summed E-state index contributed by atoms with van der Waals surface area (Å²) in [7, 11) is 0. The molecular weight excluding hydrogens is 204 g/mol. The zero-order chi connectivity index (χ0) is 11.5. The van der Waals surface area contributed by atoms with Crippen molar-refractivity contribution in [2.45, 2.75) is 44.8 Å². The summed E-state index contributed by atoms with van der Waals surface area (Å²) >= 11 is 0. The van der Waals surface area contributed by atoms with Crippen molar-refractivity contribution in [3.63, 3.8) is 0 Å². The lowest BCUT2D eigenvalue weighted by atomic mass is 9.84. The molecule has 2 saturated heterocycles. The van der Waals surface area contributed by atoms with Gasteiger partial charge in [0.05, 0.1) is 6.10 Å². The molecule has 3 unspecified atom stereocenters. The van der Waals surface area contributed by atoms with Gasteiger partial charge in [0, 0.05) is 19.0 Å². The molecule has 4 heteroatoms. The Morgan fingerprint density at radius 1 is 1.56 bits per heavy atom. The van der Waals surface area contributed by atoms with Crippen LogP contribution in [0.15, 0.2) is 0 Å². The van der Waals surface area contributed by atoms with Gasteiger partial charge in [0.1, 0.15) is 0 Å². The van der Waals surface area contributed by atoms with Crippen LogP contribution in [0.2, 0.25) is 0 Å². The van der Waals surface area contributed by atoms with Gasteiger partial charge >= 0.3 is 0 Å². The number of nitrogens with zero attached hydrogens (tertiary/aromatic N) is 1. The fraction of sp³-hybridized carbons (Fsp3) is 0.917. The number of hydrogen-bond acceptors (Lipinski definition) is 3. The normalized spacial score (nSPS) is 32.4. The van der Waals surface area contributed by atoms with E-state index in [1.807, 2.05) is 4.90 Å². The maximum Gasteiger partial charge on any atom is 0.222 e. The van der Waals surface area contributed by atoms with Gasteiger partial charge < -0.3 is 15.3 Å². The van der Waals surface area contributed by atoms with Crippen LogP contribution in [0.1, 0.15) is 32.6 Å². The van der Waals surface area contributed by atoms with Crippen LogP contribution >= 0.6 is 0 Å². The van der Waals surface area contributed by atoms with Gasteiger partial charge in [-0.25, -0.2) is 0 Å². The van der Waals surface area contributed by atoms with Crippen molar-refractivity contribution >= 4 is 5.91 Å². The van der Waals surface area contributed by atoms with Gasteiger partial charge in [-0.3, -0.25) is 4.79 Å². The molecule has 0 aromatic rings. The van der Waals surface area contributed by atoms with E-state index in [1.54, 1.807) is 6.92 Å². The first kappa shape index (κ1) is 11.9. The number of amides is 1. The minimum absolute atomic E-state index is 0.281. The van der Waals surface area contributed by atoms with E-state index in [4.69, 9.17) is 0 Å². The number of aliphatic hydroxyl groups excluding tert-OH is 1. The van der Waals surface area contributed by atoms with Crippen LogP contribution in [0.5, 0.6) is 0 Å². The van der Waals surface area contributed by atoms with Crippen LogP contribution in [0, 0.1) is 5.92 Å². The van der Waals surface area contributed by atoms with E-state index in [0.29, 0.717) is 24.8 Å². The van der Waals surface area contributed by atoms with Gasteiger partial charge in [-0.05, 0) is 45.2 Å². The first-order valence-corrected chi connectivity index (χ1v) is 6.36. The van der Waals surface area contributed by atoms with E-state index in [9.17, 15) is 9.90 Å². The largest absolute Gasteiger partial charge is 0.393 e. The van der Waals surface area contributed by atoms with Gasteiger partial charge in [0.25, 0.3) is 0 Å². The highest BCUT2D eigenvalue weighted by Crippen LogP contribution is 2.28. The molecule has 2 aliphatic rings. The van der Waals surface area contributed by atoms with Gasteiger partial charge in [-0.15, -0.1) is 0 Å². The number of carbonyl (C=O) groups excluding carboxylic acids is 1. The molecule has 0 aromatic carbocycles. The van der Waals surface area contributed by atoms with E-state index in [-0.39, 0.29) is 12.0 Å². The predicted molar refractivity (Wildman–Crippen MR) is 62.0 cm³/mol. The summed E-state index contributed by atoms with van der Waals surface area (Å²) in [6.07, 6.45) is 3.16. The Balaban J connectivity index is 1.97. The Morgan fingerprint density at radius 2 is 2.38 bits per heavy atom. The Labute approximate surface area is 97.0 Å². The van der Waals surface area contributed by atoms with Gasteiger partial charge in [0.15, 0.2) is 0 Å². The van der Waals surface area contributed by atoms with Crippen molar-refractivity contribution < 1.29 is 9.90 Å². The molecule has 1 amide bonds. The van der Waals surface area contributed by atoms with Crippen LogP contribution in [-0.4, -0.2) is 47.7 Å². The monoisotopic (exact) mass is 226 g/mol. The molecule has 3 atom stereocenters. The summed E-state index contributed by atoms with van der Waals surface area (Å²) in [4.78, 5) is 13.9. The molecule has 2 N–H and O–H groups in total. The number of carbonyl (C=O) groups is 1.